The fourth-order valence-electron chi connectivity index (χ4n) is 8.11. The predicted molar refractivity (Wildman–Crippen MR) is 250 cm³/mol. The number of carboxylic acid groups (broad SMARTS) is 1. The Morgan fingerprint density at radius 2 is 1.65 bits per heavy atom. The Bertz CT molecular complexity index is 2870. The standard InChI is InChI=1S/C48H44Cl2FN7O6S/c1-26-38-27(2)42(50)43(41(26)49)63-35(22-58-18-16-57(3)17-19-58)24-61-34-12-13-36(62-23-33-14-15-53-45(56-33)29-6-10-32(52)11-7-29)30(20-34)21-37(48(59)60)64-46-40-39(38)44(65-47(40)55-25-54-46)28-4-8-31(51)9-5-28/h4-15,20,25,35,37H,16-19,21-24,52H2,1-3H3,(H,59,60)/t35-,37-/m1/s1. The molecule has 0 amide bonds. The molecule has 0 radical (unpaired) electrons. The first-order chi connectivity index (χ1) is 31.4. The molecule has 17 heteroatoms. The molecule has 1 fully saturated rings. The number of aromatic nitrogens is 4. The number of nitrogen functional groups attached to an aromatic ring is 1. The minimum Gasteiger partial charge on any atom is -0.490 e. The molecular weight excluding hydrogens is 893 g/mol. The fourth-order valence-corrected chi connectivity index (χ4v) is 9.77. The van der Waals surface area contributed by atoms with Crippen molar-refractivity contribution in [3.05, 3.63) is 124 Å². The predicted octanol–water partition coefficient (Wildman–Crippen LogP) is 9.17. The lowest BCUT2D eigenvalue weighted by Gasteiger charge is -2.35. The maximum atomic E-state index is 14.4. The second-order valence-electron chi connectivity index (χ2n) is 16.1. The highest BCUT2D eigenvalue weighted by atomic mass is 35.5. The van der Waals surface area contributed by atoms with Crippen LogP contribution in [0.25, 0.3) is 43.2 Å². The number of hydrogen-bond donors (Lipinski definition) is 2. The molecule has 3 N–H and O–H groups in total. The molecule has 10 rings (SSSR count). The molecular formula is C48H44Cl2FN7O6S. The number of aliphatic carboxylic acids is 1. The summed E-state index contributed by atoms with van der Waals surface area (Å²) in [5.41, 5.74) is 11.7. The second-order valence-corrected chi connectivity index (χ2v) is 17.9. The first-order valence-corrected chi connectivity index (χ1v) is 22.5. The van der Waals surface area contributed by atoms with E-state index in [2.05, 4.69) is 31.8 Å². The molecule has 2 atom stereocenters. The molecule has 65 heavy (non-hydrogen) atoms. The molecule has 4 bridgehead atoms. The number of rotatable bonds is 8. The molecule has 0 aliphatic carbocycles. The molecule has 3 aliphatic rings. The Labute approximate surface area is 388 Å². The molecule has 4 aromatic carbocycles. The van der Waals surface area contributed by atoms with Gasteiger partial charge in [0.05, 0.1) is 21.1 Å². The molecule has 0 spiro atoms. The van der Waals surface area contributed by atoms with E-state index in [1.165, 1.54) is 29.8 Å². The van der Waals surface area contributed by atoms with Gasteiger partial charge in [-0.25, -0.2) is 29.1 Å². The number of benzene rings is 4. The Morgan fingerprint density at radius 3 is 2.37 bits per heavy atom. The first-order valence-electron chi connectivity index (χ1n) is 21.0. The molecule has 1 saturated heterocycles. The zero-order chi connectivity index (χ0) is 45.4. The third kappa shape index (κ3) is 9.38. The topological polar surface area (TPSA) is 158 Å². The van der Waals surface area contributed by atoms with Crippen molar-refractivity contribution in [2.45, 2.75) is 39.1 Å². The van der Waals surface area contributed by atoms with Crippen LogP contribution in [-0.2, 0) is 17.8 Å². The lowest BCUT2D eigenvalue weighted by Crippen LogP contribution is -2.49. The minimum atomic E-state index is -1.47. The van der Waals surface area contributed by atoms with Gasteiger partial charge in [-0.05, 0) is 104 Å². The smallest absolute Gasteiger partial charge is 0.345 e. The Morgan fingerprint density at radius 1 is 0.923 bits per heavy atom. The highest BCUT2D eigenvalue weighted by Gasteiger charge is 2.32. The zero-order valence-corrected chi connectivity index (χ0v) is 38.0. The molecule has 13 nitrogen and oxygen atoms in total. The van der Waals surface area contributed by atoms with E-state index in [1.54, 1.807) is 54.7 Å². The van der Waals surface area contributed by atoms with Gasteiger partial charge in [0.15, 0.2) is 11.6 Å². The van der Waals surface area contributed by atoms with Crippen molar-refractivity contribution in [3.8, 4) is 56.1 Å². The maximum absolute atomic E-state index is 14.4. The third-order valence-corrected chi connectivity index (χ3v) is 13.7. The van der Waals surface area contributed by atoms with Crippen LogP contribution in [0.4, 0.5) is 10.1 Å². The molecule has 7 aromatic rings. The van der Waals surface area contributed by atoms with Gasteiger partial charge in [-0.1, -0.05) is 35.3 Å². The largest absolute Gasteiger partial charge is 0.490 e. The number of hydrogen-bond acceptors (Lipinski definition) is 13. The van der Waals surface area contributed by atoms with E-state index >= 15 is 0 Å². The summed E-state index contributed by atoms with van der Waals surface area (Å²) in [6, 6.07) is 20.4. The van der Waals surface area contributed by atoms with Crippen molar-refractivity contribution in [3.63, 3.8) is 0 Å². The van der Waals surface area contributed by atoms with Gasteiger partial charge in [0, 0.05) is 72.6 Å². The minimum absolute atomic E-state index is 0.0241. The number of likely N-dealkylation sites (N-methyl/N-ethyl adjacent to an activating group) is 1. The van der Waals surface area contributed by atoms with E-state index < -0.39 is 24.0 Å². The summed E-state index contributed by atoms with van der Waals surface area (Å²) in [6.07, 6.45) is 0.830. The van der Waals surface area contributed by atoms with E-state index in [0.29, 0.717) is 99.5 Å². The summed E-state index contributed by atoms with van der Waals surface area (Å²) < 4.78 is 40.6. The van der Waals surface area contributed by atoms with Crippen LogP contribution in [0.2, 0.25) is 10.0 Å². The number of ether oxygens (including phenoxy) is 4. The Hall–Kier alpha value is -6.10. The summed E-state index contributed by atoms with van der Waals surface area (Å²) >= 11 is 16.0. The summed E-state index contributed by atoms with van der Waals surface area (Å²) in [5.74, 6) is 0.0489. The fraction of sp³-hybridized carbons (Fsp3) is 0.271. The molecule has 0 saturated carbocycles. The lowest BCUT2D eigenvalue weighted by molar-refractivity contribution is -0.145. The van der Waals surface area contributed by atoms with E-state index in [-0.39, 0.29) is 25.5 Å². The highest BCUT2D eigenvalue weighted by Crippen LogP contribution is 2.53. The van der Waals surface area contributed by atoms with Gasteiger partial charge in [-0.15, -0.1) is 11.3 Å². The van der Waals surface area contributed by atoms with Gasteiger partial charge in [-0.3, -0.25) is 4.90 Å². The van der Waals surface area contributed by atoms with E-state index in [4.69, 9.17) is 52.9 Å². The van der Waals surface area contributed by atoms with Crippen LogP contribution < -0.4 is 24.7 Å². The van der Waals surface area contributed by atoms with E-state index in [0.717, 1.165) is 31.7 Å². The SMILES string of the molecule is Cc1c(Cl)c2c(Cl)c(C)c1-c1c(-c3ccc(F)cc3)sc3ncnc(c13)O[C@@H](C(=O)O)Cc1cc(ccc1OCc1ccnc(-c3ccc(N)cc3)n1)OC[C@@H](CN1CCN(C)CC1)O2. The van der Waals surface area contributed by atoms with Crippen LogP contribution in [0, 0.1) is 19.7 Å². The number of nitrogens with two attached hydrogens (primary N) is 1. The van der Waals surface area contributed by atoms with Crippen LogP contribution in [0.1, 0.15) is 22.4 Å². The molecule has 0 unspecified atom stereocenters. The third-order valence-electron chi connectivity index (χ3n) is 11.6. The van der Waals surface area contributed by atoms with Crippen LogP contribution >= 0.6 is 34.5 Å². The number of carboxylic acids is 1. The van der Waals surface area contributed by atoms with Gasteiger partial charge in [0.25, 0.3) is 0 Å². The molecule has 6 heterocycles. The van der Waals surface area contributed by atoms with Crippen LogP contribution in [0.5, 0.6) is 23.1 Å². The summed E-state index contributed by atoms with van der Waals surface area (Å²) in [5, 5.41) is 11.9. The summed E-state index contributed by atoms with van der Waals surface area (Å²) in [4.78, 5) is 37.4. The average molecular weight is 937 g/mol. The normalized spacial score (nSPS) is 17.0. The summed E-state index contributed by atoms with van der Waals surface area (Å²) in [6.45, 7) is 7.88. The van der Waals surface area contributed by atoms with Crippen molar-refractivity contribution in [2.75, 3.05) is 52.1 Å². The van der Waals surface area contributed by atoms with Gasteiger partial charge >= 0.3 is 5.97 Å². The first kappa shape index (κ1) is 44.1. The zero-order valence-electron chi connectivity index (χ0n) is 35.7. The van der Waals surface area contributed by atoms with Gasteiger partial charge in [0.2, 0.25) is 12.0 Å². The van der Waals surface area contributed by atoms with E-state index in [9.17, 15) is 14.3 Å². The van der Waals surface area contributed by atoms with Gasteiger partial charge < -0.3 is 34.7 Å². The van der Waals surface area contributed by atoms with Crippen molar-refractivity contribution in [1.29, 1.82) is 0 Å². The van der Waals surface area contributed by atoms with Crippen LogP contribution in [0.3, 0.4) is 0 Å². The number of anilines is 1. The summed E-state index contributed by atoms with van der Waals surface area (Å²) in [7, 11) is 2.10. The number of fused-ring (bicyclic) bond motifs is 7. The number of piperazine rings is 1. The Balaban J connectivity index is 1.17. The van der Waals surface area contributed by atoms with Gasteiger partial charge in [-0.2, -0.15) is 0 Å². The maximum Gasteiger partial charge on any atom is 0.345 e. The molecule has 334 valence electrons. The van der Waals surface area contributed by atoms with Crippen molar-refractivity contribution in [1.82, 2.24) is 29.7 Å². The van der Waals surface area contributed by atoms with Gasteiger partial charge in [0.1, 0.15) is 47.8 Å². The number of thiophene rings is 1. The molecule has 3 aliphatic heterocycles. The van der Waals surface area contributed by atoms with Crippen molar-refractivity contribution >= 4 is 56.4 Å². The second kappa shape index (κ2) is 18.8. The van der Waals surface area contributed by atoms with Crippen molar-refractivity contribution < 1.29 is 33.2 Å². The molecule has 3 aromatic heterocycles. The number of carbonyl (C=O) groups is 1. The van der Waals surface area contributed by atoms with Crippen LogP contribution in [0.15, 0.2) is 85.3 Å². The monoisotopic (exact) mass is 935 g/mol. The number of halogens is 3. The van der Waals surface area contributed by atoms with E-state index in [1.807, 2.05) is 26.0 Å². The number of nitrogens with zero attached hydrogens (tertiary/aromatic N) is 6. The average Bonchev–Trinajstić information content (AvgIpc) is 3.69. The quantitative estimate of drug-likeness (QED) is 0.139. The Kier molecular flexibility index (Phi) is 12.7. The van der Waals surface area contributed by atoms with Crippen LogP contribution in [-0.4, -0.2) is 99.4 Å². The van der Waals surface area contributed by atoms with Crippen molar-refractivity contribution in [2.24, 2.45) is 0 Å². The highest BCUT2D eigenvalue weighted by molar-refractivity contribution is 7.22. The lowest BCUT2D eigenvalue weighted by atomic mass is 9.92.